The topological polar surface area (TPSA) is 98.8 Å². The fourth-order valence-corrected chi connectivity index (χ4v) is 5.32. The second kappa shape index (κ2) is 9.08. The molecule has 1 amide bonds. The minimum absolute atomic E-state index is 0.00549. The number of amidine groups is 1. The predicted octanol–water partition coefficient (Wildman–Crippen LogP) is 3.86. The van der Waals surface area contributed by atoms with E-state index in [1.54, 1.807) is 31.0 Å². The molecule has 1 aromatic carbocycles. The van der Waals surface area contributed by atoms with Crippen molar-refractivity contribution in [2.24, 2.45) is 10.7 Å². The lowest BCUT2D eigenvalue weighted by Crippen LogP contribution is -2.39. The number of aromatic nitrogens is 1. The molecule has 2 aromatic rings. The van der Waals surface area contributed by atoms with Crippen LogP contribution in [0.2, 0.25) is 0 Å². The van der Waals surface area contributed by atoms with Gasteiger partial charge < -0.3 is 20.5 Å². The van der Waals surface area contributed by atoms with Crippen LogP contribution in [0.3, 0.4) is 0 Å². The Balaban J connectivity index is 1.39. The predicted molar refractivity (Wildman–Crippen MR) is 126 cm³/mol. The Bertz CT molecular complexity index is 1000. The van der Waals surface area contributed by atoms with E-state index < -0.39 is 0 Å². The van der Waals surface area contributed by atoms with Crippen LogP contribution in [0, 0.1) is 0 Å². The lowest BCUT2D eigenvalue weighted by molar-refractivity contribution is 0.0921. The molecule has 0 bridgehead atoms. The summed E-state index contributed by atoms with van der Waals surface area (Å²) in [4.78, 5) is 21.4. The molecule has 1 spiro atoms. The zero-order chi connectivity index (χ0) is 22.0. The van der Waals surface area contributed by atoms with Crippen LogP contribution >= 0.6 is 27.7 Å². The second-order valence-corrected chi connectivity index (χ2v) is 9.81. The van der Waals surface area contributed by atoms with Crippen molar-refractivity contribution in [3.8, 4) is 11.6 Å². The molecule has 0 aliphatic carbocycles. The number of thioether (sulfide) groups is 1. The number of aliphatic imine (C=N–C) groups is 1. The molecule has 1 aromatic heterocycles. The Morgan fingerprint density at radius 3 is 2.97 bits per heavy atom. The van der Waals surface area contributed by atoms with Gasteiger partial charge in [0.25, 0.3) is 5.91 Å². The number of nitrogens with two attached hydrogens (primary N) is 1. The van der Waals surface area contributed by atoms with Crippen LogP contribution < -0.4 is 20.5 Å². The quantitative estimate of drug-likeness (QED) is 0.619. The number of carbonyl (C=O) groups excluding carboxylic acids is 1. The first-order chi connectivity index (χ1) is 14.9. The van der Waals surface area contributed by atoms with Gasteiger partial charge in [-0.1, -0.05) is 27.7 Å². The summed E-state index contributed by atoms with van der Waals surface area (Å²) in [6, 6.07) is 9.43. The number of hydrogen-bond donors (Lipinski definition) is 2. The summed E-state index contributed by atoms with van der Waals surface area (Å²) in [7, 11) is 1.54. The minimum atomic E-state index is -0.349. The van der Waals surface area contributed by atoms with Crippen LogP contribution in [0.1, 0.15) is 42.1 Å². The molecule has 2 unspecified atom stereocenters. The fourth-order valence-electron chi connectivity index (χ4n) is 4.00. The molecule has 0 saturated heterocycles. The molecule has 0 radical (unpaired) electrons. The molecular formula is C22H25BrN4O3S. The van der Waals surface area contributed by atoms with Crippen molar-refractivity contribution in [3.63, 3.8) is 0 Å². The lowest BCUT2D eigenvalue weighted by Gasteiger charge is -2.38. The number of halogens is 1. The minimum Gasteiger partial charge on any atom is -0.490 e. The van der Waals surface area contributed by atoms with Crippen molar-refractivity contribution in [2.75, 3.05) is 12.9 Å². The zero-order valence-electron chi connectivity index (χ0n) is 17.4. The lowest BCUT2D eigenvalue weighted by atomic mass is 9.82. The summed E-state index contributed by atoms with van der Waals surface area (Å²) in [6.45, 7) is 2.00. The molecule has 0 fully saturated rings. The summed E-state index contributed by atoms with van der Waals surface area (Å²) in [6.07, 6.45) is 3.89. The molecule has 2 aliphatic rings. The highest BCUT2D eigenvalue weighted by atomic mass is 79.9. The number of pyridine rings is 1. The molecule has 4 rings (SSSR count). The highest BCUT2D eigenvalue weighted by molar-refractivity contribution is 9.10. The molecule has 164 valence electrons. The third-order valence-electron chi connectivity index (χ3n) is 5.59. The van der Waals surface area contributed by atoms with Gasteiger partial charge in [0.2, 0.25) is 5.88 Å². The molecule has 3 N–H and O–H groups in total. The molecule has 9 heteroatoms. The van der Waals surface area contributed by atoms with Gasteiger partial charge in [-0.25, -0.2) is 4.98 Å². The van der Waals surface area contributed by atoms with E-state index in [0.29, 0.717) is 16.6 Å². The van der Waals surface area contributed by atoms with Crippen molar-refractivity contribution in [2.45, 2.75) is 43.9 Å². The number of benzene rings is 1. The number of methoxy groups -OCH3 is 1. The number of fused-ring (bicyclic) bond motifs is 2. The van der Waals surface area contributed by atoms with Crippen LogP contribution in [0.4, 0.5) is 0 Å². The molecule has 2 aliphatic heterocycles. The van der Waals surface area contributed by atoms with Crippen molar-refractivity contribution in [1.82, 2.24) is 10.3 Å². The second-order valence-electron chi connectivity index (χ2n) is 7.90. The Morgan fingerprint density at radius 2 is 2.29 bits per heavy atom. The van der Waals surface area contributed by atoms with Gasteiger partial charge in [0.15, 0.2) is 5.17 Å². The van der Waals surface area contributed by atoms with Crippen molar-refractivity contribution in [3.05, 3.63) is 52.1 Å². The van der Waals surface area contributed by atoms with Gasteiger partial charge in [-0.3, -0.25) is 9.79 Å². The highest BCUT2D eigenvalue weighted by Crippen LogP contribution is 2.48. The number of hydrogen-bond acceptors (Lipinski definition) is 7. The SMILES string of the molecule is COc1ccc(C(=O)NC(C)CC[C@H]2CC3(CSC(N)=N3)c3cc(Br)ccc3O2)cn1. The van der Waals surface area contributed by atoms with E-state index >= 15 is 0 Å². The van der Waals surface area contributed by atoms with Gasteiger partial charge in [0, 0.05) is 40.5 Å². The van der Waals surface area contributed by atoms with E-state index in [1.165, 1.54) is 6.20 Å². The fraction of sp³-hybridized carbons (Fsp3) is 0.409. The van der Waals surface area contributed by atoms with Crippen LogP contribution in [-0.4, -0.2) is 41.1 Å². The monoisotopic (exact) mass is 504 g/mol. The van der Waals surface area contributed by atoms with Crippen molar-refractivity contribution < 1.29 is 14.3 Å². The zero-order valence-corrected chi connectivity index (χ0v) is 19.8. The Labute approximate surface area is 194 Å². The largest absolute Gasteiger partial charge is 0.490 e. The molecule has 31 heavy (non-hydrogen) atoms. The number of ether oxygens (including phenoxy) is 2. The standard InChI is InChI=1S/C22H25BrN4O3S/c1-13(26-20(28)14-4-8-19(29-2)25-11-14)3-6-16-10-22(12-31-21(24)27-22)17-9-15(23)5-7-18(17)30-16/h4-5,7-9,11,13,16H,3,6,10,12H2,1-2H3,(H2,24,27)(H,26,28)/t13?,16-,22?/m0/s1. The summed E-state index contributed by atoms with van der Waals surface area (Å²) in [5.74, 6) is 2.01. The smallest absolute Gasteiger partial charge is 0.253 e. The van der Waals surface area contributed by atoms with Gasteiger partial charge >= 0.3 is 0 Å². The van der Waals surface area contributed by atoms with E-state index in [1.807, 2.05) is 19.1 Å². The van der Waals surface area contributed by atoms with Crippen LogP contribution in [0.25, 0.3) is 0 Å². The average molecular weight is 505 g/mol. The molecular weight excluding hydrogens is 480 g/mol. The van der Waals surface area contributed by atoms with Crippen LogP contribution in [0.15, 0.2) is 46.0 Å². The highest BCUT2D eigenvalue weighted by Gasteiger charge is 2.45. The van der Waals surface area contributed by atoms with Gasteiger partial charge in [-0.05, 0) is 44.0 Å². The van der Waals surface area contributed by atoms with Gasteiger partial charge in [-0.2, -0.15) is 0 Å². The number of nitrogens with zero attached hydrogens (tertiary/aromatic N) is 2. The van der Waals surface area contributed by atoms with Crippen molar-refractivity contribution >= 4 is 38.8 Å². The van der Waals surface area contributed by atoms with Gasteiger partial charge in [-0.15, -0.1) is 0 Å². The molecule has 3 atom stereocenters. The van der Waals surface area contributed by atoms with Gasteiger partial charge in [0.05, 0.1) is 12.7 Å². The summed E-state index contributed by atoms with van der Waals surface area (Å²) in [5.41, 5.74) is 7.27. The number of rotatable bonds is 6. The molecule has 3 heterocycles. The summed E-state index contributed by atoms with van der Waals surface area (Å²) >= 11 is 5.15. The first-order valence-corrected chi connectivity index (χ1v) is 11.9. The van der Waals surface area contributed by atoms with E-state index in [2.05, 4.69) is 32.3 Å². The summed E-state index contributed by atoms with van der Waals surface area (Å²) < 4.78 is 12.3. The van der Waals surface area contributed by atoms with Crippen LogP contribution in [-0.2, 0) is 5.54 Å². The van der Waals surface area contributed by atoms with E-state index in [-0.39, 0.29) is 23.6 Å². The maximum Gasteiger partial charge on any atom is 0.253 e. The van der Waals surface area contributed by atoms with E-state index in [9.17, 15) is 4.79 Å². The third-order valence-corrected chi connectivity index (χ3v) is 7.09. The maximum atomic E-state index is 12.5. The van der Waals surface area contributed by atoms with Gasteiger partial charge in [0.1, 0.15) is 17.4 Å². The average Bonchev–Trinajstić information content (AvgIpc) is 3.13. The Morgan fingerprint density at radius 1 is 1.45 bits per heavy atom. The maximum absolute atomic E-state index is 12.5. The number of nitrogens with one attached hydrogen (secondary N) is 1. The Kier molecular flexibility index (Phi) is 6.43. The number of carbonyl (C=O) groups is 1. The summed E-state index contributed by atoms with van der Waals surface area (Å²) in [5, 5.41) is 3.66. The molecule has 7 nitrogen and oxygen atoms in total. The van der Waals surface area contributed by atoms with Crippen LogP contribution in [0.5, 0.6) is 11.6 Å². The van der Waals surface area contributed by atoms with E-state index in [4.69, 9.17) is 20.2 Å². The normalized spacial score (nSPS) is 22.9. The first-order valence-electron chi connectivity index (χ1n) is 10.1. The third kappa shape index (κ3) is 4.82. The number of amides is 1. The van der Waals surface area contributed by atoms with E-state index in [0.717, 1.165) is 40.8 Å². The van der Waals surface area contributed by atoms with Crippen molar-refractivity contribution in [1.29, 1.82) is 0 Å². The Hall–Kier alpha value is -2.26. The molecule has 0 saturated carbocycles. The first kappa shape index (κ1) is 22.0.